The summed E-state index contributed by atoms with van der Waals surface area (Å²) in [6.07, 6.45) is 5.04. The van der Waals surface area contributed by atoms with Crippen molar-refractivity contribution in [2.45, 2.75) is 31.8 Å². The zero-order valence-corrected chi connectivity index (χ0v) is 13.3. The number of carbonyl (C=O) groups is 1. The van der Waals surface area contributed by atoms with Gasteiger partial charge < -0.3 is 14.6 Å². The van der Waals surface area contributed by atoms with Crippen molar-refractivity contribution < 1.29 is 9.21 Å². The molecule has 3 heterocycles. The zero-order valence-electron chi connectivity index (χ0n) is 12.5. The second-order valence-electron chi connectivity index (χ2n) is 6.37. The molecule has 1 saturated carbocycles. The molecule has 4 rings (SSSR count). The van der Waals surface area contributed by atoms with Crippen LogP contribution in [-0.4, -0.2) is 29.9 Å². The third-order valence-electron chi connectivity index (χ3n) is 5.05. The number of piperidine rings is 1. The van der Waals surface area contributed by atoms with E-state index in [0.29, 0.717) is 23.8 Å². The van der Waals surface area contributed by atoms with Crippen LogP contribution in [0.1, 0.15) is 35.4 Å². The molecule has 2 aliphatic rings. The Kier molecular flexibility index (Phi) is 3.54. The van der Waals surface area contributed by atoms with Gasteiger partial charge in [-0.05, 0) is 72.3 Å². The lowest BCUT2D eigenvalue weighted by Crippen LogP contribution is -2.39. The molecule has 1 unspecified atom stereocenters. The van der Waals surface area contributed by atoms with Gasteiger partial charge in [0.2, 0.25) is 0 Å². The van der Waals surface area contributed by atoms with Crippen molar-refractivity contribution in [2.24, 2.45) is 5.41 Å². The van der Waals surface area contributed by atoms with Gasteiger partial charge in [0.1, 0.15) is 0 Å². The molecule has 1 amide bonds. The number of nitrogens with zero attached hydrogens (tertiary/aromatic N) is 1. The van der Waals surface area contributed by atoms with Crippen molar-refractivity contribution in [2.75, 3.05) is 13.1 Å². The number of amides is 1. The number of nitrogens with one attached hydrogen (secondary N) is 1. The highest BCUT2D eigenvalue weighted by Gasteiger charge is 2.58. The van der Waals surface area contributed by atoms with Gasteiger partial charge in [-0.25, -0.2) is 0 Å². The smallest absolute Gasteiger partial charge is 0.290 e. The summed E-state index contributed by atoms with van der Waals surface area (Å²) in [7, 11) is 0. The molecule has 1 saturated heterocycles. The Morgan fingerprint density at radius 3 is 2.95 bits per heavy atom. The van der Waals surface area contributed by atoms with Crippen LogP contribution < -0.4 is 5.32 Å². The SMILES string of the molecule is O=C(c1ccco1)N(Cc1ccsc1)C1CC12CCNCC2. The summed E-state index contributed by atoms with van der Waals surface area (Å²) >= 11 is 1.68. The standard InChI is InChI=1S/C17H20N2O2S/c20-16(14-2-1-8-21-14)19(11-13-3-9-22-12-13)15-10-17(15)4-6-18-7-5-17/h1-3,8-9,12,15,18H,4-7,10-11H2. The largest absolute Gasteiger partial charge is 0.459 e. The average Bonchev–Trinajstić information content (AvgIpc) is 3.02. The van der Waals surface area contributed by atoms with Crippen LogP contribution in [0.15, 0.2) is 39.6 Å². The quantitative estimate of drug-likeness (QED) is 0.942. The van der Waals surface area contributed by atoms with E-state index >= 15 is 0 Å². The lowest BCUT2D eigenvalue weighted by molar-refractivity contribution is 0.0660. The first kappa shape index (κ1) is 14.0. The minimum Gasteiger partial charge on any atom is -0.459 e. The van der Waals surface area contributed by atoms with E-state index in [-0.39, 0.29) is 5.91 Å². The summed E-state index contributed by atoms with van der Waals surface area (Å²) in [6.45, 7) is 2.82. The molecule has 2 aromatic heterocycles. The van der Waals surface area contributed by atoms with Crippen LogP contribution in [0.2, 0.25) is 0 Å². The van der Waals surface area contributed by atoms with Crippen LogP contribution in [0.25, 0.3) is 0 Å². The molecule has 1 aliphatic carbocycles. The molecule has 1 atom stereocenters. The second-order valence-corrected chi connectivity index (χ2v) is 7.15. The normalized spacial score (nSPS) is 22.6. The first-order valence-corrected chi connectivity index (χ1v) is 8.79. The van der Waals surface area contributed by atoms with Gasteiger partial charge in [0, 0.05) is 12.6 Å². The number of furan rings is 1. The van der Waals surface area contributed by atoms with Crippen LogP contribution >= 0.6 is 11.3 Å². The zero-order chi connectivity index (χ0) is 15.0. The molecule has 0 aromatic carbocycles. The maximum absolute atomic E-state index is 12.9. The molecular formula is C17H20N2O2S. The number of rotatable bonds is 4. The van der Waals surface area contributed by atoms with Crippen LogP contribution in [-0.2, 0) is 6.54 Å². The summed E-state index contributed by atoms with van der Waals surface area (Å²) in [5.41, 5.74) is 1.55. The minimum absolute atomic E-state index is 0.0246. The number of hydrogen-bond acceptors (Lipinski definition) is 4. The van der Waals surface area contributed by atoms with Gasteiger partial charge >= 0.3 is 0 Å². The highest BCUT2D eigenvalue weighted by atomic mass is 32.1. The van der Waals surface area contributed by atoms with Gasteiger partial charge in [-0.15, -0.1) is 0 Å². The fourth-order valence-corrected chi connectivity index (χ4v) is 4.33. The van der Waals surface area contributed by atoms with Crippen molar-refractivity contribution in [3.8, 4) is 0 Å². The van der Waals surface area contributed by atoms with Gasteiger partial charge in [-0.3, -0.25) is 4.79 Å². The van der Waals surface area contributed by atoms with Crippen molar-refractivity contribution in [3.05, 3.63) is 46.5 Å². The Morgan fingerprint density at radius 2 is 2.27 bits per heavy atom. The van der Waals surface area contributed by atoms with Crippen LogP contribution in [0, 0.1) is 5.41 Å². The maximum Gasteiger partial charge on any atom is 0.290 e. The van der Waals surface area contributed by atoms with E-state index in [4.69, 9.17) is 4.42 Å². The topological polar surface area (TPSA) is 45.5 Å². The van der Waals surface area contributed by atoms with E-state index in [1.807, 2.05) is 4.90 Å². The van der Waals surface area contributed by atoms with E-state index in [0.717, 1.165) is 19.5 Å². The van der Waals surface area contributed by atoms with Gasteiger partial charge in [0.15, 0.2) is 5.76 Å². The molecule has 1 N–H and O–H groups in total. The first-order valence-electron chi connectivity index (χ1n) is 7.85. The van der Waals surface area contributed by atoms with Crippen LogP contribution in [0.4, 0.5) is 0 Å². The Bertz CT molecular complexity index is 630. The number of thiophene rings is 1. The Hall–Kier alpha value is -1.59. The summed E-state index contributed by atoms with van der Waals surface area (Å²) in [6, 6.07) is 6.00. The molecule has 5 heteroatoms. The molecule has 22 heavy (non-hydrogen) atoms. The fourth-order valence-electron chi connectivity index (χ4n) is 3.67. The van der Waals surface area contributed by atoms with Gasteiger partial charge in [0.05, 0.1) is 6.26 Å². The van der Waals surface area contributed by atoms with E-state index in [9.17, 15) is 4.79 Å². The summed E-state index contributed by atoms with van der Waals surface area (Å²) in [4.78, 5) is 14.9. The molecule has 4 nitrogen and oxygen atoms in total. The van der Waals surface area contributed by atoms with Crippen LogP contribution in [0.5, 0.6) is 0 Å². The highest BCUT2D eigenvalue weighted by molar-refractivity contribution is 7.07. The Labute approximate surface area is 134 Å². The van der Waals surface area contributed by atoms with E-state index in [1.54, 1.807) is 29.7 Å². The van der Waals surface area contributed by atoms with E-state index in [1.165, 1.54) is 18.4 Å². The maximum atomic E-state index is 12.9. The first-order chi connectivity index (χ1) is 10.8. The number of hydrogen-bond donors (Lipinski definition) is 1. The molecule has 2 fully saturated rings. The summed E-state index contributed by atoms with van der Waals surface area (Å²) < 4.78 is 5.35. The Morgan fingerprint density at radius 1 is 1.41 bits per heavy atom. The van der Waals surface area contributed by atoms with Crippen molar-refractivity contribution in [1.29, 1.82) is 0 Å². The number of carbonyl (C=O) groups excluding carboxylic acids is 1. The molecule has 2 aromatic rings. The molecule has 1 aliphatic heterocycles. The van der Waals surface area contributed by atoms with E-state index < -0.39 is 0 Å². The van der Waals surface area contributed by atoms with Crippen molar-refractivity contribution in [3.63, 3.8) is 0 Å². The van der Waals surface area contributed by atoms with E-state index in [2.05, 4.69) is 22.1 Å². The average molecular weight is 316 g/mol. The summed E-state index contributed by atoms with van der Waals surface area (Å²) in [5, 5.41) is 7.61. The fraction of sp³-hybridized carbons (Fsp3) is 0.471. The monoisotopic (exact) mass is 316 g/mol. The predicted octanol–water partition coefficient (Wildman–Crippen LogP) is 3.13. The second kappa shape index (κ2) is 5.56. The predicted molar refractivity (Wildman–Crippen MR) is 85.8 cm³/mol. The summed E-state index contributed by atoms with van der Waals surface area (Å²) in [5.74, 6) is 0.475. The molecule has 116 valence electrons. The van der Waals surface area contributed by atoms with Gasteiger partial charge in [-0.2, -0.15) is 11.3 Å². The molecular weight excluding hydrogens is 296 g/mol. The Balaban J connectivity index is 1.57. The molecule has 0 radical (unpaired) electrons. The third-order valence-corrected chi connectivity index (χ3v) is 5.78. The third kappa shape index (κ3) is 2.48. The lowest BCUT2D eigenvalue weighted by Gasteiger charge is -2.29. The van der Waals surface area contributed by atoms with Crippen LogP contribution in [0.3, 0.4) is 0 Å². The molecule has 1 spiro atoms. The van der Waals surface area contributed by atoms with Crippen molar-refractivity contribution >= 4 is 17.2 Å². The minimum atomic E-state index is 0.0246. The van der Waals surface area contributed by atoms with Gasteiger partial charge in [0.25, 0.3) is 5.91 Å². The van der Waals surface area contributed by atoms with Gasteiger partial charge in [-0.1, -0.05) is 0 Å². The lowest BCUT2D eigenvalue weighted by atomic mass is 9.93. The highest BCUT2D eigenvalue weighted by Crippen LogP contribution is 2.56. The molecule has 0 bridgehead atoms. The van der Waals surface area contributed by atoms with Crippen molar-refractivity contribution in [1.82, 2.24) is 10.2 Å².